The molecule has 60 heavy (non-hydrogen) atoms. The highest BCUT2D eigenvalue weighted by molar-refractivity contribution is 6.25. The topological polar surface area (TPSA) is 63.8 Å². The Morgan fingerprint density at radius 3 is 1.65 bits per heavy atom. The smallest absolute Gasteiger partial charge is 0.195 e. The Hall–Kier alpha value is -8.58. The van der Waals surface area contributed by atoms with Crippen LogP contribution in [0.25, 0.3) is 105 Å². The Balaban J connectivity index is 1.20. The Morgan fingerprint density at radius 1 is 0.450 bits per heavy atom. The van der Waals surface area contributed by atoms with E-state index in [1.165, 1.54) is 5.39 Å². The van der Waals surface area contributed by atoms with E-state index in [0.717, 1.165) is 71.9 Å². The van der Waals surface area contributed by atoms with Crippen molar-refractivity contribution in [2.75, 3.05) is 0 Å². The molecule has 0 atom stereocenters. The molecule has 6 heteroatoms. The minimum atomic E-state index is 0.355. The summed E-state index contributed by atoms with van der Waals surface area (Å²) in [4.78, 5) is 14.1. The largest absolute Gasteiger partial charge is 0.307 e. The number of aromatic nitrogens is 4. The van der Waals surface area contributed by atoms with Crippen LogP contribution in [0.1, 0.15) is 5.56 Å². The monoisotopic (exact) mass is 764 g/mol. The summed E-state index contributed by atoms with van der Waals surface area (Å²) in [7, 11) is 0. The molecule has 11 rings (SSSR count). The maximum absolute atomic E-state index is 10.7. The van der Waals surface area contributed by atoms with Crippen molar-refractivity contribution in [2.24, 2.45) is 0 Å². The zero-order valence-electron chi connectivity index (χ0n) is 32.2. The summed E-state index contributed by atoms with van der Waals surface area (Å²) < 4.78 is 4.75. The van der Waals surface area contributed by atoms with Crippen LogP contribution >= 0.6 is 0 Å². The van der Waals surface area contributed by atoms with E-state index in [9.17, 15) is 5.26 Å². The lowest BCUT2D eigenvalue weighted by atomic mass is 9.95. The molecule has 0 bridgehead atoms. The molecule has 3 heterocycles. The van der Waals surface area contributed by atoms with Gasteiger partial charge in [0.1, 0.15) is 11.6 Å². The van der Waals surface area contributed by atoms with Crippen molar-refractivity contribution in [3.05, 3.63) is 211 Å². The summed E-state index contributed by atoms with van der Waals surface area (Å²) in [6.45, 7) is 8.59. The second-order valence-corrected chi connectivity index (χ2v) is 14.7. The van der Waals surface area contributed by atoms with E-state index < -0.39 is 0 Å². The van der Waals surface area contributed by atoms with Crippen LogP contribution in [0.3, 0.4) is 0 Å². The molecule has 0 amide bonds. The molecule has 6 nitrogen and oxygen atoms in total. The molecule has 0 aliphatic rings. The van der Waals surface area contributed by atoms with Crippen molar-refractivity contribution in [1.29, 1.82) is 5.26 Å². The first-order valence-corrected chi connectivity index (χ1v) is 19.8. The molecule has 8 aromatic carbocycles. The van der Waals surface area contributed by atoms with Crippen LogP contribution < -0.4 is 0 Å². The van der Waals surface area contributed by atoms with E-state index in [1.807, 2.05) is 84.9 Å². The maximum atomic E-state index is 10.7. The van der Waals surface area contributed by atoms with Crippen LogP contribution in [0.4, 0.5) is 5.69 Å². The number of nitrogens with zero attached hydrogens (tertiary/aromatic N) is 6. The number of rotatable bonds is 6. The van der Waals surface area contributed by atoms with Gasteiger partial charge in [-0.1, -0.05) is 158 Å². The van der Waals surface area contributed by atoms with Crippen LogP contribution in [0.15, 0.2) is 194 Å². The van der Waals surface area contributed by atoms with E-state index in [0.29, 0.717) is 34.0 Å². The predicted molar refractivity (Wildman–Crippen MR) is 243 cm³/mol. The van der Waals surface area contributed by atoms with Gasteiger partial charge in [-0.3, -0.25) is 0 Å². The Labute approximate surface area is 346 Å². The zero-order valence-corrected chi connectivity index (χ0v) is 32.2. The van der Waals surface area contributed by atoms with Crippen molar-refractivity contribution >= 4 is 49.3 Å². The van der Waals surface area contributed by atoms with Gasteiger partial charge in [-0.15, -0.1) is 0 Å². The van der Waals surface area contributed by atoms with Crippen molar-refractivity contribution in [2.45, 2.75) is 0 Å². The number of nitriles is 1. The van der Waals surface area contributed by atoms with E-state index in [2.05, 4.69) is 129 Å². The molecule has 0 N–H and O–H groups in total. The van der Waals surface area contributed by atoms with Gasteiger partial charge < -0.3 is 9.13 Å². The molecule has 0 unspecified atom stereocenters. The van der Waals surface area contributed by atoms with E-state index in [-0.39, 0.29) is 0 Å². The number of benzene rings is 8. The number of hydrogen-bond donors (Lipinski definition) is 0. The van der Waals surface area contributed by atoms with Gasteiger partial charge in [0.05, 0.1) is 40.0 Å². The second kappa shape index (κ2) is 14.1. The van der Waals surface area contributed by atoms with Gasteiger partial charge in [-0.2, -0.15) is 5.26 Å². The lowest BCUT2D eigenvalue weighted by Crippen LogP contribution is -2.01. The zero-order chi connectivity index (χ0) is 40.2. The van der Waals surface area contributed by atoms with E-state index in [1.54, 1.807) is 0 Å². The quantitative estimate of drug-likeness (QED) is 0.158. The van der Waals surface area contributed by atoms with Gasteiger partial charge in [0.15, 0.2) is 11.5 Å². The Morgan fingerprint density at radius 2 is 0.983 bits per heavy atom. The summed E-state index contributed by atoms with van der Waals surface area (Å²) in [5.74, 6) is 0.508. The van der Waals surface area contributed by atoms with Gasteiger partial charge in [-0.05, 0) is 53.1 Å². The van der Waals surface area contributed by atoms with Crippen LogP contribution in [-0.4, -0.2) is 19.1 Å². The van der Waals surface area contributed by atoms with Gasteiger partial charge in [-0.25, -0.2) is 14.8 Å². The second-order valence-electron chi connectivity index (χ2n) is 14.7. The molecule has 0 saturated carbocycles. The third kappa shape index (κ3) is 5.40. The molecular formula is C54H32N6. The fraction of sp³-hybridized carbons (Fsp3) is 0. The number of fused-ring (bicyclic) bond motifs is 7. The lowest BCUT2D eigenvalue weighted by molar-refractivity contribution is 1.15. The average Bonchev–Trinajstić information content (AvgIpc) is 3.85. The SMILES string of the molecule is [C-]#[N+]c1cc(-c2nc(-c3ccccc3)nc(-c3ccccc3)c2C#N)ccc1-c1cccc2c3ccc4c5ccccc5n(-c5ccccc5)c4c3n(-c3ccccc3)c12. The number of para-hydroxylation sites is 4. The van der Waals surface area contributed by atoms with Crippen LogP contribution in [0, 0.1) is 17.9 Å². The molecule has 0 spiro atoms. The molecule has 0 aliphatic carbocycles. The first kappa shape index (κ1) is 34.7. The van der Waals surface area contributed by atoms with Gasteiger partial charge in [0.25, 0.3) is 0 Å². The first-order chi connectivity index (χ1) is 29.7. The van der Waals surface area contributed by atoms with Crippen LogP contribution in [0.2, 0.25) is 0 Å². The lowest BCUT2D eigenvalue weighted by Gasteiger charge is -2.15. The van der Waals surface area contributed by atoms with Gasteiger partial charge >= 0.3 is 0 Å². The third-order valence-electron chi connectivity index (χ3n) is 11.4. The average molecular weight is 765 g/mol. The van der Waals surface area contributed by atoms with Crippen LogP contribution in [0.5, 0.6) is 0 Å². The highest BCUT2D eigenvalue weighted by atomic mass is 15.0. The molecule has 0 saturated heterocycles. The Bertz CT molecular complexity index is 3540. The van der Waals surface area contributed by atoms with E-state index >= 15 is 0 Å². The van der Waals surface area contributed by atoms with Crippen LogP contribution in [-0.2, 0) is 0 Å². The Kier molecular flexibility index (Phi) is 8.15. The van der Waals surface area contributed by atoms with Gasteiger partial charge in [0.2, 0.25) is 0 Å². The van der Waals surface area contributed by atoms with Crippen molar-refractivity contribution < 1.29 is 0 Å². The summed E-state index contributed by atoms with van der Waals surface area (Å²) >= 11 is 0. The maximum Gasteiger partial charge on any atom is 0.195 e. The van der Waals surface area contributed by atoms with Crippen molar-refractivity contribution in [3.63, 3.8) is 0 Å². The van der Waals surface area contributed by atoms with E-state index in [4.69, 9.17) is 16.5 Å². The molecule has 278 valence electrons. The van der Waals surface area contributed by atoms with Gasteiger partial charge in [0, 0.05) is 44.0 Å². The number of hydrogen-bond acceptors (Lipinski definition) is 3. The van der Waals surface area contributed by atoms with Crippen molar-refractivity contribution in [3.8, 4) is 62.5 Å². The standard InChI is InChI=1S/C54H32N6/c1-56-47-33-37(50-46(34-55)49(35-17-6-2-7-18-35)57-54(58-50)36-19-8-3-9-20-36)29-30-40(47)42-26-16-27-43-45-32-31-44-41-25-14-15-28-48(41)59(38-21-10-4-11-22-38)52(44)53(45)60(51(42)43)39-23-12-5-13-24-39/h2-33H. The highest BCUT2D eigenvalue weighted by Gasteiger charge is 2.25. The molecule has 3 aromatic heterocycles. The summed E-state index contributed by atoms with van der Waals surface area (Å²) in [6, 6.07) is 68.3. The fourth-order valence-electron chi connectivity index (χ4n) is 8.79. The summed E-state index contributed by atoms with van der Waals surface area (Å²) in [5, 5.41) is 15.2. The van der Waals surface area contributed by atoms with Crippen molar-refractivity contribution in [1.82, 2.24) is 19.1 Å². The predicted octanol–water partition coefficient (Wildman–Crippen LogP) is 13.8. The molecular weight excluding hydrogens is 733 g/mol. The first-order valence-electron chi connectivity index (χ1n) is 19.8. The highest BCUT2D eigenvalue weighted by Crippen LogP contribution is 2.46. The molecule has 0 fully saturated rings. The summed E-state index contributed by atoms with van der Waals surface area (Å²) in [6.07, 6.45) is 0. The summed E-state index contributed by atoms with van der Waals surface area (Å²) in [5.41, 5.74) is 12.3. The third-order valence-corrected chi connectivity index (χ3v) is 11.4. The fourth-order valence-corrected chi connectivity index (χ4v) is 8.79. The normalized spacial score (nSPS) is 11.3. The molecule has 11 aromatic rings. The minimum Gasteiger partial charge on any atom is -0.307 e. The minimum absolute atomic E-state index is 0.355. The molecule has 0 radical (unpaired) electrons. The molecule has 0 aliphatic heterocycles.